The van der Waals surface area contributed by atoms with Crippen molar-refractivity contribution in [3.63, 3.8) is 0 Å². The van der Waals surface area contributed by atoms with Crippen LogP contribution in [0.5, 0.6) is 5.75 Å². The van der Waals surface area contributed by atoms with Crippen LogP contribution in [0.15, 0.2) is 29.4 Å². The number of hydrogen-bond donors (Lipinski definition) is 2. The standard InChI is InChI=1S/C12H15N3O2/c1-12(2)7-9(14-15-11(13)16)8-5-3-4-6-10(8)17-12/h3-6H,7H2,1-2H3,(H3,13,15,16)/b14-9-. The van der Waals surface area contributed by atoms with E-state index in [0.29, 0.717) is 6.42 Å². The molecule has 1 heterocycles. The molecule has 0 saturated carbocycles. The van der Waals surface area contributed by atoms with Gasteiger partial charge in [-0.2, -0.15) is 5.10 Å². The van der Waals surface area contributed by atoms with Gasteiger partial charge in [-0.25, -0.2) is 10.2 Å². The van der Waals surface area contributed by atoms with E-state index in [1.165, 1.54) is 0 Å². The summed E-state index contributed by atoms with van der Waals surface area (Å²) in [7, 11) is 0. The van der Waals surface area contributed by atoms with Crippen LogP contribution in [0.25, 0.3) is 0 Å². The third kappa shape index (κ3) is 2.55. The largest absolute Gasteiger partial charge is 0.487 e. The normalized spacial score (nSPS) is 19.3. The first kappa shape index (κ1) is 11.4. The summed E-state index contributed by atoms with van der Waals surface area (Å²) in [5.41, 5.74) is 8.60. The molecular weight excluding hydrogens is 218 g/mol. The number of hydrazone groups is 1. The molecule has 1 aromatic rings. The number of benzene rings is 1. The zero-order chi connectivity index (χ0) is 12.5. The zero-order valence-corrected chi connectivity index (χ0v) is 9.86. The van der Waals surface area contributed by atoms with Crippen molar-refractivity contribution in [1.82, 2.24) is 5.43 Å². The molecule has 1 aliphatic rings. The number of hydrogen-bond acceptors (Lipinski definition) is 3. The first-order valence-corrected chi connectivity index (χ1v) is 5.38. The highest BCUT2D eigenvalue weighted by atomic mass is 16.5. The fourth-order valence-electron chi connectivity index (χ4n) is 1.85. The van der Waals surface area contributed by atoms with Crippen LogP contribution in [-0.2, 0) is 0 Å². The van der Waals surface area contributed by atoms with E-state index in [1.54, 1.807) is 0 Å². The van der Waals surface area contributed by atoms with Crippen molar-refractivity contribution < 1.29 is 9.53 Å². The van der Waals surface area contributed by atoms with Crippen molar-refractivity contribution in [2.24, 2.45) is 10.8 Å². The molecule has 3 N–H and O–H groups in total. The molecule has 0 radical (unpaired) electrons. The lowest BCUT2D eigenvalue weighted by atomic mass is 9.92. The SMILES string of the molecule is CC1(C)C/C(=N/NC(N)=O)c2ccccc2O1. The van der Waals surface area contributed by atoms with Gasteiger partial charge in [0.15, 0.2) is 0 Å². The van der Waals surface area contributed by atoms with Gasteiger partial charge >= 0.3 is 6.03 Å². The Morgan fingerprint density at radius 2 is 2.18 bits per heavy atom. The smallest absolute Gasteiger partial charge is 0.332 e. The Morgan fingerprint density at radius 3 is 2.88 bits per heavy atom. The lowest BCUT2D eigenvalue weighted by Crippen LogP contribution is -2.37. The van der Waals surface area contributed by atoms with Crippen molar-refractivity contribution in [1.29, 1.82) is 0 Å². The molecule has 1 aromatic carbocycles. The average Bonchev–Trinajstić information content (AvgIpc) is 2.24. The van der Waals surface area contributed by atoms with Gasteiger partial charge in [0.05, 0.1) is 5.71 Å². The van der Waals surface area contributed by atoms with Gasteiger partial charge in [-0.15, -0.1) is 0 Å². The molecule has 0 bridgehead atoms. The summed E-state index contributed by atoms with van der Waals surface area (Å²) >= 11 is 0. The highest BCUT2D eigenvalue weighted by Gasteiger charge is 2.30. The maximum Gasteiger partial charge on any atom is 0.332 e. The molecule has 2 amide bonds. The number of nitrogens with two attached hydrogens (primary N) is 1. The Morgan fingerprint density at radius 1 is 1.47 bits per heavy atom. The lowest BCUT2D eigenvalue weighted by Gasteiger charge is -2.33. The number of rotatable bonds is 1. The fourth-order valence-corrected chi connectivity index (χ4v) is 1.85. The van der Waals surface area contributed by atoms with Crippen LogP contribution in [0.2, 0.25) is 0 Å². The van der Waals surface area contributed by atoms with Gasteiger partial charge in [0.1, 0.15) is 11.4 Å². The van der Waals surface area contributed by atoms with E-state index in [-0.39, 0.29) is 5.60 Å². The number of fused-ring (bicyclic) bond motifs is 1. The van der Waals surface area contributed by atoms with Gasteiger partial charge in [-0.1, -0.05) is 12.1 Å². The first-order chi connectivity index (χ1) is 7.98. The number of carbonyl (C=O) groups is 1. The number of nitrogens with zero attached hydrogens (tertiary/aromatic N) is 1. The van der Waals surface area contributed by atoms with E-state index >= 15 is 0 Å². The maximum atomic E-state index is 10.7. The van der Waals surface area contributed by atoms with Crippen molar-refractivity contribution >= 4 is 11.7 Å². The zero-order valence-electron chi connectivity index (χ0n) is 9.86. The summed E-state index contributed by atoms with van der Waals surface area (Å²) in [4.78, 5) is 10.7. The molecule has 17 heavy (non-hydrogen) atoms. The van der Waals surface area contributed by atoms with Gasteiger partial charge in [0, 0.05) is 12.0 Å². The van der Waals surface area contributed by atoms with Crippen LogP contribution in [0.4, 0.5) is 4.79 Å². The highest BCUT2D eigenvalue weighted by molar-refractivity contribution is 6.04. The summed E-state index contributed by atoms with van der Waals surface area (Å²) in [6, 6.07) is 6.93. The summed E-state index contributed by atoms with van der Waals surface area (Å²) in [5.74, 6) is 0.772. The number of amides is 2. The summed E-state index contributed by atoms with van der Waals surface area (Å²) in [6.45, 7) is 3.95. The monoisotopic (exact) mass is 233 g/mol. The summed E-state index contributed by atoms with van der Waals surface area (Å²) in [5, 5.41) is 4.03. The minimum Gasteiger partial charge on any atom is -0.487 e. The molecule has 1 aliphatic heterocycles. The molecule has 90 valence electrons. The van der Waals surface area contributed by atoms with Crippen LogP contribution >= 0.6 is 0 Å². The molecule has 0 fully saturated rings. The first-order valence-electron chi connectivity index (χ1n) is 5.38. The van der Waals surface area contributed by atoms with E-state index in [1.807, 2.05) is 38.1 Å². The van der Waals surface area contributed by atoms with Crippen LogP contribution in [0.1, 0.15) is 25.8 Å². The number of primary amides is 1. The fraction of sp³-hybridized carbons (Fsp3) is 0.333. The molecule has 5 heteroatoms. The van der Waals surface area contributed by atoms with Crippen molar-refractivity contribution in [2.75, 3.05) is 0 Å². The minimum absolute atomic E-state index is 0.341. The Labute approximate surface area is 99.6 Å². The van der Waals surface area contributed by atoms with E-state index in [0.717, 1.165) is 17.0 Å². The average molecular weight is 233 g/mol. The maximum absolute atomic E-state index is 10.7. The molecular formula is C12H15N3O2. The molecule has 0 spiro atoms. The van der Waals surface area contributed by atoms with E-state index in [2.05, 4.69) is 10.5 Å². The molecule has 0 saturated heterocycles. The van der Waals surface area contributed by atoms with E-state index in [9.17, 15) is 4.79 Å². The Balaban J connectivity index is 2.39. The third-order valence-corrected chi connectivity index (χ3v) is 2.48. The topological polar surface area (TPSA) is 76.7 Å². The van der Waals surface area contributed by atoms with Crippen molar-refractivity contribution in [2.45, 2.75) is 25.9 Å². The van der Waals surface area contributed by atoms with Crippen LogP contribution in [0, 0.1) is 0 Å². The van der Waals surface area contributed by atoms with Crippen molar-refractivity contribution in [3.05, 3.63) is 29.8 Å². The Kier molecular flexibility index (Phi) is 2.75. The van der Waals surface area contributed by atoms with Crippen molar-refractivity contribution in [3.8, 4) is 5.75 Å². The second-order valence-corrected chi connectivity index (χ2v) is 4.57. The van der Waals surface area contributed by atoms with E-state index < -0.39 is 6.03 Å². The predicted molar refractivity (Wildman–Crippen MR) is 65.0 cm³/mol. The van der Waals surface area contributed by atoms with E-state index in [4.69, 9.17) is 10.5 Å². The van der Waals surface area contributed by atoms with Gasteiger partial charge in [0.25, 0.3) is 0 Å². The number of urea groups is 1. The van der Waals surface area contributed by atoms with Gasteiger partial charge in [0.2, 0.25) is 0 Å². The second kappa shape index (κ2) is 4.08. The molecule has 2 rings (SSSR count). The summed E-state index contributed by atoms with van der Waals surface area (Å²) in [6.07, 6.45) is 0.615. The minimum atomic E-state index is -0.667. The Bertz CT molecular complexity index is 480. The molecule has 0 aliphatic carbocycles. The van der Waals surface area contributed by atoms with Gasteiger partial charge in [-0.05, 0) is 26.0 Å². The highest BCUT2D eigenvalue weighted by Crippen LogP contribution is 2.32. The number of nitrogens with one attached hydrogen (secondary N) is 1. The Hall–Kier alpha value is -2.04. The quantitative estimate of drug-likeness (QED) is 0.723. The molecule has 0 unspecified atom stereocenters. The summed E-state index contributed by atoms with van der Waals surface area (Å²) < 4.78 is 5.83. The third-order valence-electron chi connectivity index (χ3n) is 2.48. The number of para-hydroxylation sites is 1. The van der Waals surface area contributed by atoms with Crippen LogP contribution in [0.3, 0.4) is 0 Å². The van der Waals surface area contributed by atoms with Gasteiger partial charge in [-0.3, -0.25) is 0 Å². The van der Waals surface area contributed by atoms with Crippen LogP contribution in [-0.4, -0.2) is 17.3 Å². The number of ether oxygens (including phenoxy) is 1. The molecule has 0 aromatic heterocycles. The predicted octanol–water partition coefficient (Wildman–Crippen LogP) is 1.62. The van der Waals surface area contributed by atoms with Crippen LogP contribution < -0.4 is 15.9 Å². The number of carbonyl (C=O) groups excluding carboxylic acids is 1. The lowest BCUT2D eigenvalue weighted by molar-refractivity contribution is 0.111. The van der Waals surface area contributed by atoms with Gasteiger partial charge < -0.3 is 10.5 Å². The second-order valence-electron chi connectivity index (χ2n) is 4.57. The molecule has 0 atom stereocenters. The molecule has 5 nitrogen and oxygen atoms in total.